The molecule has 2 rings (SSSR count). The lowest BCUT2D eigenvalue weighted by atomic mass is 10.00. The first-order chi connectivity index (χ1) is 8.63. The van der Waals surface area contributed by atoms with Gasteiger partial charge in [-0.1, -0.05) is 0 Å². The van der Waals surface area contributed by atoms with Crippen molar-refractivity contribution in [1.29, 1.82) is 0 Å². The molecule has 0 aliphatic carbocycles. The topological polar surface area (TPSA) is 58.4 Å². The molecule has 1 saturated heterocycles. The van der Waals surface area contributed by atoms with E-state index in [1.807, 2.05) is 4.90 Å². The van der Waals surface area contributed by atoms with Crippen molar-refractivity contribution in [3.8, 4) is 0 Å². The normalized spacial score (nSPS) is 19.7. The average Bonchev–Trinajstić information content (AvgIpc) is 2.38. The minimum Gasteiger partial charge on any atom is -0.399 e. The molecule has 98 valence electrons. The van der Waals surface area contributed by atoms with Crippen LogP contribution in [0.2, 0.25) is 0 Å². The number of nitrogens with one attached hydrogen (secondary N) is 1. The molecule has 18 heavy (non-hydrogen) atoms. The maximum absolute atomic E-state index is 13.9. The summed E-state index contributed by atoms with van der Waals surface area (Å²) in [4.78, 5) is 13.7. The highest BCUT2D eigenvalue weighted by molar-refractivity contribution is 5.85. The van der Waals surface area contributed by atoms with E-state index in [-0.39, 0.29) is 17.8 Å². The molecule has 0 bridgehead atoms. The smallest absolute Gasteiger partial charge is 0.242 e. The van der Waals surface area contributed by atoms with E-state index in [9.17, 15) is 9.18 Å². The highest BCUT2D eigenvalue weighted by atomic mass is 19.1. The molecule has 0 radical (unpaired) electrons. The van der Waals surface area contributed by atoms with Gasteiger partial charge >= 0.3 is 0 Å². The number of benzene rings is 1. The zero-order valence-corrected chi connectivity index (χ0v) is 10.4. The van der Waals surface area contributed by atoms with Gasteiger partial charge < -0.3 is 16.0 Å². The van der Waals surface area contributed by atoms with E-state index in [4.69, 9.17) is 5.73 Å². The van der Waals surface area contributed by atoms with Crippen LogP contribution in [0, 0.1) is 5.82 Å². The summed E-state index contributed by atoms with van der Waals surface area (Å²) in [6.45, 7) is 0.693. The van der Waals surface area contributed by atoms with Gasteiger partial charge in [0.05, 0.1) is 5.69 Å². The van der Waals surface area contributed by atoms with Crippen LogP contribution >= 0.6 is 0 Å². The molecule has 5 heteroatoms. The van der Waals surface area contributed by atoms with Gasteiger partial charge in [0, 0.05) is 19.3 Å². The first kappa shape index (κ1) is 12.7. The van der Waals surface area contributed by atoms with E-state index < -0.39 is 0 Å². The molecule has 4 nitrogen and oxygen atoms in total. The highest BCUT2D eigenvalue weighted by Crippen LogP contribution is 2.28. The van der Waals surface area contributed by atoms with E-state index >= 15 is 0 Å². The third-order valence-electron chi connectivity index (χ3n) is 3.33. The van der Waals surface area contributed by atoms with Crippen LogP contribution < -0.4 is 16.0 Å². The van der Waals surface area contributed by atoms with Gasteiger partial charge in [0.2, 0.25) is 5.91 Å². The molecule has 1 aromatic rings. The second-order valence-electron chi connectivity index (χ2n) is 4.53. The monoisotopic (exact) mass is 251 g/mol. The van der Waals surface area contributed by atoms with Crippen LogP contribution in [-0.4, -0.2) is 25.5 Å². The van der Waals surface area contributed by atoms with Crippen LogP contribution in [0.5, 0.6) is 0 Å². The number of hydrogen-bond acceptors (Lipinski definition) is 3. The number of carbonyl (C=O) groups is 1. The summed E-state index contributed by atoms with van der Waals surface area (Å²) >= 11 is 0. The van der Waals surface area contributed by atoms with Gasteiger partial charge in [0.25, 0.3) is 0 Å². The second kappa shape index (κ2) is 5.25. The Balaban J connectivity index is 2.30. The Morgan fingerprint density at radius 1 is 1.50 bits per heavy atom. The maximum atomic E-state index is 13.9. The standard InChI is InChI=1S/C13H18FN3O/c1-16-13(18)12-4-2-3-7-17(12)11-6-5-9(15)8-10(11)14/h5-6,8,12H,2-4,7,15H2,1H3,(H,16,18). The predicted octanol–water partition coefficient (Wildman–Crippen LogP) is 1.51. The Morgan fingerprint density at radius 2 is 2.28 bits per heavy atom. The number of nitrogens with zero attached hydrogens (tertiary/aromatic N) is 1. The Morgan fingerprint density at radius 3 is 2.94 bits per heavy atom. The van der Waals surface area contributed by atoms with Crippen molar-refractivity contribution >= 4 is 17.3 Å². The summed E-state index contributed by atoms with van der Waals surface area (Å²) in [5.74, 6) is -0.434. The average molecular weight is 251 g/mol. The zero-order valence-electron chi connectivity index (χ0n) is 10.4. The van der Waals surface area contributed by atoms with Crippen molar-refractivity contribution in [1.82, 2.24) is 5.32 Å². The molecule has 0 aromatic heterocycles. The minimum atomic E-state index is -0.370. The number of anilines is 2. The number of carbonyl (C=O) groups excluding carboxylic acids is 1. The first-order valence-corrected chi connectivity index (χ1v) is 6.16. The third kappa shape index (κ3) is 2.39. The largest absolute Gasteiger partial charge is 0.399 e. The van der Waals surface area contributed by atoms with Gasteiger partial charge in [0.15, 0.2) is 0 Å². The zero-order chi connectivity index (χ0) is 13.1. The number of hydrogen-bond donors (Lipinski definition) is 2. The molecule has 1 aliphatic heterocycles. The fourth-order valence-electron chi connectivity index (χ4n) is 2.42. The molecular weight excluding hydrogens is 233 g/mol. The van der Waals surface area contributed by atoms with E-state index in [0.29, 0.717) is 17.9 Å². The first-order valence-electron chi connectivity index (χ1n) is 6.16. The van der Waals surface area contributed by atoms with Crippen molar-refractivity contribution in [3.63, 3.8) is 0 Å². The lowest BCUT2D eigenvalue weighted by molar-refractivity contribution is -0.122. The Labute approximate surface area is 106 Å². The number of likely N-dealkylation sites (N-methyl/N-ethyl adjacent to an activating group) is 1. The number of piperidine rings is 1. The summed E-state index contributed by atoms with van der Waals surface area (Å²) in [6, 6.07) is 4.31. The van der Waals surface area contributed by atoms with E-state index in [2.05, 4.69) is 5.32 Å². The minimum absolute atomic E-state index is 0.0640. The molecule has 3 N–H and O–H groups in total. The highest BCUT2D eigenvalue weighted by Gasteiger charge is 2.29. The van der Waals surface area contributed by atoms with Crippen LogP contribution in [0.15, 0.2) is 18.2 Å². The molecule has 1 unspecified atom stereocenters. The molecule has 1 aromatic carbocycles. The van der Waals surface area contributed by atoms with Crippen molar-refractivity contribution in [2.75, 3.05) is 24.2 Å². The summed E-state index contributed by atoms with van der Waals surface area (Å²) in [7, 11) is 1.61. The lowest BCUT2D eigenvalue weighted by Gasteiger charge is -2.36. The summed E-state index contributed by atoms with van der Waals surface area (Å²) in [5.41, 5.74) is 6.39. The Bertz CT molecular complexity index is 450. The Hall–Kier alpha value is -1.78. The third-order valence-corrected chi connectivity index (χ3v) is 3.33. The molecular formula is C13H18FN3O. The molecule has 1 heterocycles. The van der Waals surface area contributed by atoms with Crippen molar-refractivity contribution < 1.29 is 9.18 Å². The van der Waals surface area contributed by atoms with Gasteiger partial charge in [0.1, 0.15) is 11.9 Å². The van der Waals surface area contributed by atoms with Crippen molar-refractivity contribution in [3.05, 3.63) is 24.0 Å². The van der Waals surface area contributed by atoms with Crippen LogP contribution in [-0.2, 0) is 4.79 Å². The van der Waals surface area contributed by atoms with Crippen LogP contribution in [0.3, 0.4) is 0 Å². The molecule has 1 amide bonds. The predicted molar refractivity (Wildman–Crippen MR) is 69.9 cm³/mol. The molecule has 0 spiro atoms. The fraction of sp³-hybridized carbons (Fsp3) is 0.462. The summed E-state index contributed by atoms with van der Waals surface area (Å²) < 4.78 is 13.9. The maximum Gasteiger partial charge on any atom is 0.242 e. The fourth-order valence-corrected chi connectivity index (χ4v) is 2.42. The van der Waals surface area contributed by atoms with Crippen LogP contribution in [0.25, 0.3) is 0 Å². The van der Waals surface area contributed by atoms with Gasteiger partial charge in [-0.25, -0.2) is 4.39 Å². The number of nitrogens with two attached hydrogens (primary N) is 1. The van der Waals surface area contributed by atoms with Gasteiger partial charge in [-0.2, -0.15) is 0 Å². The van der Waals surface area contributed by atoms with Crippen molar-refractivity contribution in [2.24, 2.45) is 0 Å². The SMILES string of the molecule is CNC(=O)C1CCCCN1c1ccc(N)cc1F. The number of halogens is 1. The molecule has 1 atom stereocenters. The van der Waals surface area contributed by atoms with E-state index in [0.717, 1.165) is 19.3 Å². The summed E-state index contributed by atoms with van der Waals surface area (Å²) in [5, 5.41) is 2.64. The number of amides is 1. The number of nitrogen functional groups attached to an aromatic ring is 1. The van der Waals surface area contributed by atoms with Gasteiger partial charge in [-0.05, 0) is 37.5 Å². The van der Waals surface area contributed by atoms with Gasteiger partial charge in [-0.15, -0.1) is 0 Å². The molecule has 1 fully saturated rings. The van der Waals surface area contributed by atoms with Crippen LogP contribution in [0.4, 0.5) is 15.8 Å². The number of rotatable bonds is 2. The van der Waals surface area contributed by atoms with Gasteiger partial charge in [-0.3, -0.25) is 4.79 Å². The summed E-state index contributed by atoms with van der Waals surface area (Å²) in [6.07, 6.45) is 2.71. The second-order valence-corrected chi connectivity index (χ2v) is 4.53. The van der Waals surface area contributed by atoms with E-state index in [1.54, 1.807) is 19.2 Å². The van der Waals surface area contributed by atoms with E-state index in [1.165, 1.54) is 6.07 Å². The van der Waals surface area contributed by atoms with Crippen molar-refractivity contribution in [2.45, 2.75) is 25.3 Å². The molecule has 1 aliphatic rings. The Kier molecular flexibility index (Phi) is 3.69. The van der Waals surface area contributed by atoms with Crippen LogP contribution in [0.1, 0.15) is 19.3 Å². The lowest BCUT2D eigenvalue weighted by Crippen LogP contribution is -2.49. The molecule has 0 saturated carbocycles. The quantitative estimate of drug-likeness (QED) is 0.783.